The molecule has 0 spiro atoms. The maximum atomic E-state index is 13.3. The van der Waals surface area contributed by atoms with Crippen molar-refractivity contribution in [3.8, 4) is 11.8 Å². The molecule has 2 aromatic rings. The summed E-state index contributed by atoms with van der Waals surface area (Å²) in [6, 6.07) is 7.41. The summed E-state index contributed by atoms with van der Waals surface area (Å²) in [7, 11) is 0. The van der Waals surface area contributed by atoms with E-state index in [1.807, 2.05) is 0 Å². The van der Waals surface area contributed by atoms with Crippen LogP contribution in [0.5, 0.6) is 0 Å². The van der Waals surface area contributed by atoms with Gasteiger partial charge in [0, 0.05) is 5.69 Å². The first-order chi connectivity index (χ1) is 9.56. The Morgan fingerprint density at radius 1 is 1.50 bits per heavy atom. The van der Waals surface area contributed by atoms with Crippen molar-refractivity contribution in [2.45, 2.75) is 13.8 Å². The molecule has 102 valence electrons. The highest BCUT2D eigenvalue weighted by atomic mass is 19.1. The van der Waals surface area contributed by atoms with Crippen LogP contribution in [-0.4, -0.2) is 22.4 Å². The molecule has 5 nitrogen and oxygen atoms in total. The lowest BCUT2D eigenvalue weighted by molar-refractivity contribution is 0.0519. The van der Waals surface area contributed by atoms with Crippen LogP contribution >= 0.6 is 0 Å². The first-order valence-electron chi connectivity index (χ1n) is 6.00. The van der Waals surface area contributed by atoms with Gasteiger partial charge in [-0.15, -0.1) is 0 Å². The fourth-order valence-corrected chi connectivity index (χ4v) is 1.77. The second-order valence-corrected chi connectivity index (χ2v) is 4.08. The van der Waals surface area contributed by atoms with E-state index in [9.17, 15) is 9.18 Å². The Balaban J connectivity index is 2.44. The summed E-state index contributed by atoms with van der Waals surface area (Å²) >= 11 is 0. The smallest absolute Gasteiger partial charge is 0.358 e. The summed E-state index contributed by atoms with van der Waals surface area (Å²) in [5.41, 5.74) is 1.29. The van der Waals surface area contributed by atoms with Crippen LogP contribution in [0.4, 0.5) is 4.39 Å². The Morgan fingerprint density at radius 2 is 2.25 bits per heavy atom. The molecule has 1 aromatic heterocycles. The maximum Gasteiger partial charge on any atom is 0.358 e. The third-order valence-electron chi connectivity index (χ3n) is 2.69. The average molecular weight is 273 g/mol. The van der Waals surface area contributed by atoms with Crippen molar-refractivity contribution in [2.75, 3.05) is 6.61 Å². The van der Waals surface area contributed by atoms with E-state index in [1.165, 1.54) is 22.9 Å². The lowest BCUT2D eigenvalue weighted by Gasteiger charge is -2.04. The number of ether oxygens (including phenoxy) is 1. The highest BCUT2D eigenvalue weighted by Gasteiger charge is 2.15. The fourth-order valence-electron chi connectivity index (χ4n) is 1.77. The van der Waals surface area contributed by atoms with Crippen molar-refractivity contribution in [3.05, 3.63) is 47.0 Å². The molecule has 6 heteroatoms. The van der Waals surface area contributed by atoms with Gasteiger partial charge < -0.3 is 4.74 Å². The molecular formula is C14H12FN3O2. The molecule has 0 unspecified atom stereocenters. The molecule has 0 atom stereocenters. The van der Waals surface area contributed by atoms with Crippen molar-refractivity contribution < 1.29 is 13.9 Å². The lowest BCUT2D eigenvalue weighted by Crippen LogP contribution is -2.07. The van der Waals surface area contributed by atoms with Crippen molar-refractivity contribution in [1.82, 2.24) is 9.78 Å². The highest BCUT2D eigenvalue weighted by molar-refractivity contribution is 5.87. The van der Waals surface area contributed by atoms with Crippen LogP contribution in [0.2, 0.25) is 0 Å². The molecule has 0 bridgehead atoms. The third kappa shape index (κ3) is 2.52. The lowest BCUT2D eigenvalue weighted by atomic mass is 10.2. The van der Waals surface area contributed by atoms with Crippen molar-refractivity contribution in [2.24, 2.45) is 0 Å². The summed E-state index contributed by atoms with van der Waals surface area (Å²) < 4.78 is 19.6. The third-order valence-corrected chi connectivity index (χ3v) is 2.69. The molecule has 0 aliphatic carbocycles. The number of aromatic nitrogens is 2. The molecule has 0 amide bonds. The zero-order valence-electron chi connectivity index (χ0n) is 11.1. The predicted molar refractivity (Wildman–Crippen MR) is 68.9 cm³/mol. The molecule has 0 aliphatic rings. The Hall–Kier alpha value is -2.68. The van der Waals surface area contributed by atoms with Gasteiger partial charge in [0.05, 0.1) is 17.9 Å². The molecule has 0 radical (unpaired) electrons. The number of benzene rings is 1. The monoisotopic (exact) mass is 273 g/mol. The summed E-state index contributed by atoms with van der Waals surface area (Å²) in [6.45, 7) is 3.73. The second kappa shape index (κ2) is 5.53. The van der Waals surface area contributed by atoms with E-state index >= 15 is 0 Å². The first-order valence-corrected chi connectivity index (χ1v) is 6.00. The number of halogens is 1. The summed E-state index contributed by atoms with van der Waals surface area (Å²) in [6.07, 6.45) is 0. The van der Waals surface area contributed by atoms with Gasteiger partial charge >= 0.3 is 5.97 Å². The Bertz CT molecular complexity index is 701. The van der Waals surface area contributed by atoms with Crippen LogP contribution in [-0.2, 0) is 4.74 Å². The number of aryl methyl sites for hydroxylation is 1. The zero-order chi connectivity index (χ0) is 14.7. The normalized spacial score (nSPS) is 10.1. The number of nitrogens with zero attached hydrogens (tertiary/aromatic N) is 3. The standard InChI is InChI=1S/C14H12FN3O2/c1-3-20-14(19)13-6-9(2)18(17-13)11-4-5-12(15)10(7-11)8-16/h4-7H,3H2,1-2H3. The van der Waals surface area contributed by atoms with E-state index < -0.39 is 11.8 Å². The quantitative estimate of drug-likeness (QED) is 0.805. The Morgan fingerprint density at radius 3 is 2.90 bits per heavy atom. The maximum absolute atomic E-state index is 13.3. The zero-order valence-corrected chi connectivity index (χ0v) is 11.1. The topological polar surface area (TPSA) is 67.9 Å². The Labute approximate surface area is 115 Å². The van der Waals surface area contributed by atoms with E-state index in [-0.39, 0.29) is 17.9 Å². The van der Waals surface area contributed by atoms with Gasteiger partial charge in [-0.3, -0.25) is 0 Å². The van der Waals surface area contributed by atoms with Crippen molar-refractivity contribution in [1.29, 1.82) is 5.26 Å². The average Bonchev–Trinajstić information content (AvgIpc) is 2.82. The number of nitriles is 1. The molecule has 1 aromatic carbocycles. The predicted octanol–water partition coefficient (Wildman–Crippen LogP) is 2.37. The summed E-state index contributed by atoms with van der Waals surface area (Å²) in [5.74, 6) is -1.11. The molecule has 0 saturated carbocycles. The Kier molecular flexibility index (Phi) is 3.80. The minimum atomic E-state index is -0.591. The molecule has 20 heavy (non-hydrogen) atoms. The van der Waals surface area contributed by atoms with E-state index in [4.69, 9.17) is 10.00 Å². The summed E-state index contributed by atoms with van der Waals surface area (Å²) in [4.78, 5) is 11.6. The number of hydrogen-bond donors (Lipinski definition) is 0. The van der Waals surface area contributed by atoms with Gasteiger partial charge in [0.15, 0.2) is 5.69 Å². The molecule has 0 saturated heterocycles. The first kappa shape index (κ1) is 13.7. The molecule has 0 N–H and O–H groups in total. The van der Waals surface area contributed by atoms with Gasteiger partial charge in [0.1, 0.15) is 11.9 Å². The molecule has 0 fully saturated rings. The van der Waals surface area contributed by atoms with Crippen LogP contribution in [0.3, 0.4) is 0 Å². The van der Waals surface area contributed by atoms with Gasteiger partial charge in [-0.2, -0.15) is 10.4 Å². The van der Waals surface area contributed by atoms with Crippen molar-refractivity contribution >= 4 is 5.97 Å². The number of hydrogen-bond acceptors (Lipinski definition) is 4. The van der Waals surface area contributed by atoms with E-state index in [0.29, 0.717) is 11.4 Å². The fraction of sp³-hybridized carbons (Fsp3) is 0.214. The largest absolute Gasteiger partial charge is 0.461 e. The van der Waals surface area contributed by atoms with Gasteiger partial charge in [-0.05, 0) is 38.1 Å². The van der Waals surface area contributed by atoms with E-state index in [0.717, 1.165) is 0 Å². The molecule has 2 rings (SSSR count). The van der Waals surface area contributed by atoms with Crippen LogP contribution < -0.4 is 0 Å². The van der Waals surface area contributed by atoms with Gasteiger partial charge in [0.25, 0.3) is 0 Å². The number of rotatable bonds is 3. The van der Waals surface area contributed by atoms with E-state index in [1.54, 1.807) is 26.0 Å². The van der Waals surface area contributed by atoms with Crippen LogP contribution in [0, 0.1) is 24.1 Å². The highest BCUT2D eigenvalue weighted by Crippen LogP contribution is 2.16. The van der Waals surface area contributed by atoms with Gasteiger partial charge in [0.2, 0.25) is 0 Å². The number of esters is 1. The van der Waals surface area contributed by atoms with Crippen LogP contribution in [0.25, 0.3) is 5.69 Å². The summed E-state index contributed by atoms with van der Waals surface area (Å²) in [5, 5.41) is 12.9. The molecular weight excluding hydrogens is 261 g/mol. The minimum absolute atomic E-state index is 0.0740. The van der Waals surface area contributed by atoms with Gasteiger partial charge in [-0.25, -0.2) is 13.9 Å². The molecule has 1 heterocycles. The SMILES string of the molecule is CCOC(=O)c1cc(C)n(-c2ccc(F)c(C#N)c2)n1. The minimum Gasteiger partial charge on any atom is -0.461 e. The number of carbonyl (C=O) groups is 1. The van der Waals surface area contributed by atoms with Crippen LogP contribution in [0.1, 0.15) is 28.7 Å². The second-order valence-electron chi connectivity index (χ2n) is 4.08. The van der Waals surface area contributed by atoms with E-state index in [2.05, 4.69) is 5.10 Å². The number of carbonyl (C=O) groups excluding carboxylic acids is 1. The van der Waals surface area contributed by atoms with Crippen LogP contribution in [0.15, 0.2) is 24.3 Å². The van der Waals surface area contributed by atoms with Gasteiger partial charge in [-0.1, -0.05) is 0 Å². The van der Waals surface area contributed by atoms with Crippen molar-refractivity contribution in [3.63, 3.8) is 0 Å². The molecule has 0 aliphatic heterocycles.